The Morgan fingerprint density at radius 2 is 1.86 bits per heavy atom. The largest absolute Gasteiger partial charge is 0.493 e. The third kappa shape index (κ3) is 2.60. The molecule has 0 saturated heterocycles. The van der Waals surface area contributed by atoms with Crippen LogP contribution >= 0.6 is 0 Å². The number of aromatic nitrogens is 2. The van der Waals surface area contributed by atoms with Gasteiger partial charge in [-0.2, -0.15) is 0 Å². The van der Waals surface area contributed by atoms with Crippen molar-refractivity contribution in [2.45, 2.75) is 6.61 Å². The zero-order valence-corrected chi connectivity index (χ0v) is 11.7. The molecule has 1 aromatic carbocycles. The Bertz CT molecular complexity index is 741. The summed E-state index contributed by atoms with van der Waals surface area (Å²) in [4.78, 5) is 4.32. The van der Waals surface area contributed by atoms with Crippen LogP contribution in [0, 0.1) is 0 Å². The number of rotatable bonds is 5. The van der Waals surface area contributed by atoms with Crippen LogP contribution in [0.5, 0.6) is 17.2 Å². The maximum absolute atomic E-state index is 5.78. The van der Waals surface area contributed by atoms with E-state index in [1.165, 1.54) is 6.26 Å². The molecule has 6 nitrogen and oxygen atoms in total. The molecule has 0 saturated carbocycles. The lowest BCUT2D eigenvalue weighted by atomic mass is 10.2. The van der Waals surface area contributed by atoms with Crippen LogP contribution < -0.4 is 14.2 Å². The number of nitrogens with zero attached hydrogens (tertiary/aromatic N) is 2. The summed E-state index contributed by atoms with van der Waals surface area (Å²) < 4.78 is 21.1. The van der Waals surface area contributed by atoms with Gasteiger partial charge in [0.05, 0.1) is 19.7 Å². The third-order valence-electron chi connectivity index (χ3n) is 3.07. The number of methoxy groups -OCH3 is 2. The van der Waals surface area contributed by atoms with Crippen molar-refractivity contribution in [3.63, 3.8) is 0 Å². The Morgan fingerprint density at radius 3 is 2.57 bits per heavy atom. The van der Waals surface area contributed by atoms with Crippen LogP contribution in [0.3, 0.4) is 0 Å². The lowest BCUT2D eigenvalue weighted by Crippen LogP contribution is -1.97. The van der Waals surface area contributed by atoms with Gasteiger partial charge < -0.3 is 18.7 Å². The summed E-state index contributed by atoms with van der Waals surface area (Å²) in [5, 5.41) is 4.66. The molecule has 0 unspecified atom stereocenters. The molecule has 2 heterocycles. The maximum atomic E-state index is 5.78. The van der Waals surface area contributed by atoms with Crippen molar-refractivity contribution in [1.29, 1.82) is 0 Å². The first kappa shape index (κ1) is 13.2. The minimum atomic E-state index is 0.323. The Hall–Kier alpha value is -2.76. The molecule has 3 rings (SSSR count). The average molecular weight is 286 g/mol. The summed E-state index contributed by atoms with van der Waals surface area (Å²) in [6.07, 6.45) is 3.20. The Labute approximate surface area is 121 Å². The zero-order chi connectivity index (χ0) is 14.7. The minimum Gasteiger partial charge on any atom is -0.493 e. The fourth-order valence-electron chi connectivity index (χ4n) is 2.04. The van der Waals surface area contributed by atoms with E-state index >= 15 is 0 Å². The van der Waals surface area contributed by atoms with Crippen molar-refractivity contribution in [3.8, 4) is 17.2 Å². The first-order valence-electron chi connectivity index (χ1n) is 6.34. The molecule has 0 radical (unpaired) electrons. The van der Waals surface area contributed by atoms with E-state index in [1.54, 1.807) is 32.5 Å². The Kier molecular flexibility index (Phi) is 3.59. The molecule has 21 heavy (non-hydrogen) atoms. The van der Waals surface area contributed by atoms with Gasteiger partial charge in [0.1, 0.15) is 24.3 Å². The molecule has 2 aromatic heterocycles. The van der Waals surface area contributed by atoms with Crippen LogP contribution in [0.4, 0.5) is 0 Å². The summed E-state index contributed by atoms with van der Waals surface area (Å²) in [7, 11) is 3.19. The van der Waals surface area contributed by atoms with Gasteiger partial charge in [0.15, 0.2) is 11.5 Å². The van der Waals surface area contributed by atoms with E-state index in [1.807, 2.05) is 12.1 Å². The molecule has 108 valence electrons. The topological polar surface area (TPSA) is 66.6 Å². The van der Waals surface area contributed by atoms with Crippen molar-refractivity contribution < 1.29 is 18.7 Å². The number of hydrogen-bond donors (Lipinski definition) is 0. The van der Waals surface area contributed by atoms with Crippen molar-refractivity contribution in [2.75, 3.05) is 14.2 Å². The summed E-state index contributed by atoms with van der Waals surface area (Å²) in [5.74, 6) is 1.96. The van der Waals surface area contributed by atoms with E-state index in [4.69, 9.17) is 18.7 Å². The van der Waals surface area contributed by atoms with Crippen LogP contribution in [0.1, 0.15) is 5.69 Å². The van der Waals surface area contributed by atoms with E-state index in [0.717, 1.165) is 16.6 Å². The zero-order valence-electron chi connectivity index (χ0n) is 11.7. The molecule has 0 fully saturated rings. The van der Waals surface area contributed by atoms with Crippen LogP contribution in [-0.2, 0) is 6.61 Å². The van der Waals surface area contributed by atoms with Crippen molar-refractivity contribution in [1.82, 2.24) is 10.1 Å². The maximum Gasteiger partial charge on any atom is 0.162 e. The molecular formula is C15H14N2O4. The molecule has 0 aliphatic rings. The van der Waals surface area contributed by atoms with Crippen LogP contribution in [-0.4, -0.2) is 24.4 Å². The van der Waals surface area contributed by atoms with Gasteiger partial charge in [-0.1, -0.05) is 5.16 Å². The van der Waals surface area contributed by atoms with Gasteiger partial charge in [-0.05, 0) is 12.1 Å². The van der Waals surface area contributed by atoms with E-state index in [-0.39, 0.29) is 0 Å². The van der Waals surface area contributed by atoms with Crippen molar-refractivity contribution >= 4 is 10.9 Å². The molecule has 0 spiro atoms. The van der Waals surface area contributed by atoms with E-state index < -0.39 is 0 Å². The van der Waals surface area contributed by atoms with Gasteiger partial charge in [-0.3, -0.25) is 4.98 Å². The normalized spacial score (nSPS) is 10.6. The fraction of sp³-hybridized carbons (Fsp3) is 0.200. The second-order valence-electron chi connectivity index (χ2n) is 4.31. The highest BCUT2D eigenvalue weighted by atomic mass is 16.5. The van der Waals surface area contributed by atoms with Gasteiger partial charge in [0.2, 0.25) is 0 Å². The molecule has 0 bridgehead atoms. The molecule has 0 aliphatic carbocycles. The minimum absolute atomic E-state index is 0.323. The van der Waals surface area contributed by atoms with Crippen molar-refractivity contribution in [3.05, 3.63) is 42.4 Å². The predicted molar refractivity (Wildman–Crippen MR) is 75.7 cm³/mol. The van der Waals surface area contributed by atoms with Gasteiger partial charge in [0.25, 0.3) is 0 Å². The number of pyridine rings is 1. The standard InChI is InChI=1S/C15H14N2O4/c1-18-14-7-11-12(8-15(14)19-2)16-5-3-13(11)20-9-10-4-6-21-17-10/h3-8H,9H2,1-2H3. The summed E-state index contributed by atoms with van der Waals surface area (Å²) in [6, 6.07) is 7.22. The van der Waals surface area contributed by atoms with E-state index in [2.05, 4.69) is 10.1 Å². The summed E-state index contributed by atoms with van der Waals surface area (Å²) in [6.45, 7) is 0.323. The fourth-order valence-corrected chi connectivity index (χ4v) is 2.04. The first-order chi connectivity index (χ1) is 10.3. The highest BCUT2D eigenvalue weighted by Crippen LogP contribution is 2.35. The number of benzene rings is 1. The molecule has 0 atom stereocenters. The molecule has 0 amide bonds. The highest BCUT2D eigenvalue weighted by Gasteiger charge is 2.11. The summed E-state index contributed by atoms with van der Waals surface area (Å²) >= 11 is 0. The SMILES string of the molecule is COc1cc2nccc(OCc3ccon3)c2cc1OC. The molecular weight excluding hydrogens is 272 g/mol. The molecule has 3 aromatic rings. The van der Waals surface area contributed by atoms with Crippen LogP contribution in [0.15, 0.2) is 41.2 Å². The number of hydrogen-bond acceptors (Lipinski definition) is 6. The monoisotopic (exact) mass is 286 g/mol. The van der Waals surface area contributed by atoms with Gasteiger partial charge >= 0.3 is 0 Å². The lowest BCUT2D eigenvalue weighted by Gasteiger charge is -2.11. The smallest absolute Gasteiger partial charge is 0.162 e. The van der Waals surface area contributed by atoms with Crippen LogP contribution in [0.2, 0.25) is 0 Å². The quantitative estimate of drug-likeness (QED) is 0.718. The van der Waals surface area contributed by atoms with Gasteiger partial charge in [-0.15, -0.1) is 0 Å². The van der Waals surface area contributed by atoms with Crippen LogP contribution in [0.25, 0.3) is 10.9 Å². The second-order valence-corrected chi connectivity index (χ2v) is 4.31. The Balaban J connectivity index is 1.98. The Morgan fingerprint density at radius 1 is 1.05 bits per heavy atom. The number of ether oxygens (including phenoxy) is 3. The van der Waals surface area contributed by atoms with E-state index in [9.17, 15) is 0 Å². The molecule has 0 N–H and O–H groups in total. The predicted octanol–water partition coefficient (Wildman–Crippen LogP) is 2.82. The third-order valence-corrected chi connectivity index (χ3v) is 3.07. The van der Waals surface area contributed by atoms with Crippen molar-refractivity contribution in [2.24, 2.45) is 0 Å². The second kappa shape index (κ2) is 5.70. The lowest BCUT2D eigenvalue weighted by molar-refractivity contribution is 0.292. The first-order valence-corrected chi connectivity index (χ1v) is 6.34. The number of fused-ring (bicyclic) bond motifs is 1. The molecule has 0 aliphatic heterocycles. The van der Waals surface area contributed by atoms with E-state index in [0.29, 0.717) is 23.9 Å². The molecule has 6 heteroatoms. The summed E-state index contributed by atoms with van der Waals surface area (Å²) in [5.41, 5.74) is 1.49. The van der Waals surface area contributed by atoms with Gasteiger partial charge in [-0.25, -0.2) is 0 Å². The average Bonchev–Trinajstić information content (AvgIpc) is 3.04. The van der Waals surface area contributed by atoms with Gasteiger partial charge in [0, 0.05) is 23.7 Å². The highest BCUT2D eigenvalue weighted by molar-refractivity contribution is 5.88.